The number of likely N-dealkylation sites (tertiary alicyclic amines) is 1. The van der Waals surface area contributed by atoms with E-state index in [0.29, 0.717) is 30.0 Å². The first-order valence-corrected chi connectivity index (χ1v) is 15.4. The number of hydrogen-bond acceptors (Lipinski definition) is 7. The average molecular weight is 639 g/mol. The summed E-state index contributed by atoms with van der Waals surface area (Å²) in [4.78, 5) is 35.0. The Hall–Kier alpha value is -4.35. The fourth-order valence-corrected chi connectivity index (χ4v) is 6.18. The molecule has 0 radical (unpaired) electrons. The number of amides is 2. The van der Waals surface area contributed by atoms with Gasteiger partial charge in [-0.2, -0.15) is 18.2 Å². The average Bonchev–Trinajstić information content (AvgIpc) is 3.20. The molecule has 2 aliphatic rings. The SMILES string of the molecule is Cc1cc(C2CCN(C(=O)OC(C)(C)C)CC2)c(C)cc1Nc1ncc(C(F)(F)F)c(NCc2cccc3c2C(C)(C)C(=O)N3)n1. The maximum atomic E-state index is 14.0. The lowest BCUT2D eigenvalue weighted by atomic mass is 9.83. The lowest BCUT2D eigenvalue weighted by Gasteiger charge is -2.34. The standard InChI is InChI=1S/C34H41F3N6O3/c1-19-16-26(20(2)15-23(19)21-11-13-43(14-12-21)31(45)46-32(3,4)5)41-30-39-18-24(34(35,36)37)28(42-30)38-17-22-9-8-10-25-27(22)33(6,7)29(44)40-25/h8-10,15-16,18,21H,11-14,17H2,1-7H3,(H,40,44)(H2,38,39,41,42). The van der Waals surface area contributed by atoms with Crippen LogP contribution in [0, 0.1) is 13.8 Å². The van der Waals surface area contributed by atoms with Gasteiger partial charge in [-0.25, -0.2) is 9.78 Å². The zero-order valence-electron chi connectivity index (χ0n) is 27.3. The van der Waals surface area contributed by atoms with Crippen molar-refractivity contribution in [1.29, 1.82) is 0 Å². The molecule has 0 saturated carbocycles. The Bertz CT molecular complexity index is 1660. The highest BCUT2D eigenvalue weighted by Crippen LogP contribution is 2.41. The van der Waals surface area contributed by atoms with Crippen LogP contribution in [0.25, 0.3) is 0 Å². The molecule has 2 amide bonds. The number of rotatable bonds is 6. The third-order valence-electron chi connectivity index (χ3n) is 8.58. The first-order chi connectivity index (χ1) is 21.4. The zero-order chi connectivity index (χ0) is 33.6. The molecular weight excluding hydrogens is 597 g/mol. The van der Waals surface area contributed by atoms with Gasteiger partial charge in [-0.05, 0) is 107 Å². The van der Waals surface area contributed by atoms with E-state index in [9.17, 15) is 22.8 Å². The van der Waals surface area contributed by atoms with E-state index in [1.807, 2.05) is 40.7 Å². The van der Waals surface area contributed by atoms with Crippen LogP contribution in [-0.4, -0.2) is 45.6 Å². The number of halogens is 3. The van der Waals surface area contributed by atoms with Crippen molar-refractivity contribution < 1.29 is 27.5 Å². The van der Waals surface area contributed by atoms with Crippen molar-refractivity contribution >= 4 is 35.1 Å². The van der Waals surface area contributed by atoms with Crippen molar-refractivity contribution in [3.05, 3.63) is 69.9 Å². The van der Waals surface area contributed by atoms with E-state index in [4.69, 9.17) is 4.74 Å². The van der Waals surface area contributed by atoms with E-state index >= 15 is 0 Å². The molecule has 1 aromatic heterocycles. The molecule has 1 saturated heterocycles. The lowest BCUT2D eigenvalue weighted by Crippen LogP contribution is -2.41. The number of carbonyl (C=O) groups excluding carboxylic acids is 2. The van der Waals surface area contributed by atoms with Crippen LogP contribution in [0.5, 0.6) is 0 Å². The number of alkyl halides is 3. The molecule has 246 valence electrons. The van der Waals surface area contributed by atoms with Crippen molar-refractivity contribution in [2.45, 2.75) is 91.0 Å². The normalized spacial score (nSPS) is 16.6. The second kappa shape index (κ2) is 12.1. The molecular formula is C34H41F3N6O3. The number of fused-ring (bicyclic) bond motifs is 1. The number of piperidine rings is 1. The monoisotopic (exact) mass is 638 g/mol. The quantitative estimate of drug-likeness (QED) is 0.253. The van der Waals surface area contributed by atoms with Gasteiger partial charge in [0.2, 0.25) is 11.9 Å². The van der Waals surface area contributed by atoms with E-state index in [1.54, 1.807) is 36.9 Å². The van der Waals surface area contributed by atoms with E-state index in [-0.39, 0.29) is 36.2 Å². The Morgan fingerprint density at radius 3 is 2.46 bits per heavy atom. The van der Waals surface area contributed by atoms with Crippen LogP contribution in [-0.2, 0) is 27.7 Å². The second-order valence-corrected chi connectivity index (χ2v) is 13.6. The minimum atomic E-state index is -4.68. The van der Waals surface area contributed by atoms with E-state index in [2.05, 4.69) is 32.0 Å². The number of hydrogen-bond donors (Lipinski definition) is 3. The van der Waals surface area contributed by atoms with Crippen LogP contribution in [0.2, 0.25) is 0 Å². The molecule has 0 aliphatic carbocycles. The third-order valence-corrected chi connectivity index (χ3v) is 8.58. The fraction of sp³-hybridized carbons (Fsp3) is 0.471. The highest BCUT2D eigenvalue weighted by molar-refractivity contribution is 6.06. The van der Waals surface area contributed by atoms with Crippen molar-refractivity contribution in [3.63, 3.8) is 0 Å². The van der Waals surface area contributed by atoms with Gasteiger partial charge in [0.1, 0.15) is 17.0 Å². The summed E-state index contributed by atoms with van der Waals surface area (Å²) in [5.41, 5.74) is 3.52. The van der Waals surface area contributed by atoms with Crippen molar-refractivity contribution in [2.75, 3.05) is 29.0 Å². The minimum absolute atomic E-state index is 0.0203. The Kier molecular flexibility index (Phi) is 8.69. The maximum absolute atomic E-state index is 14.0. The molecule has 2 aliphatic heterocycles. The molecule has 0 spiro atoms. The number of carbonyl (C=O) groups is 2. The van der Waals surface area contributed by atoms with E-state index < -0.39 is 22.8 Å². The van der Waals surface area contributed by atoms with Crippen molar-refractivity contribution in [1.82, 2.24) is 14.9 Å². The summed E-state index contributed by atoms with van der Waals surface area (Å²) in [7, 11) is 0. The van der Waals surface area contributed by atoms with Gasteiger partial charge in [-0.3, -0.25) is 4.79 Å². The van der Waals surface area contributed by atoms with Crippen molar-refractivity contribution in [2.24, 2.45) is 0 Å². The van der Waals surface area contributed by atoms with Crippen LogP contribution < -0.4 is 16.0 Å². The molecule has 1 fully saturated rings. The van der Waals surface area contributed by atoms with E-state index in [0.717, 1.165) is 35.7 Å². The first kappa shape index (κ1) is 33.0. The van der Waals surface area contributed by atoms with Crippen LogP contribution in [0.4, 0.5) is 41.1 Å². The summed E-state index contributed by atoms with van der Waals surface area (Å²) in [5, 5.41) is 8.81. The summed E-state index contributed by atoms with van der Waals surface area (Å²) in [5.74, 6) is -0.242. The number of aromatic nitrogens is 2. The van der Waals surface area contributed by atoms with Gasteiger partial charge in [0.05, 0.1) is 5.41 Å². The fourth-order valence-electron chi connectivity index (χ4n) is 6.18. The molecule has 9 nitrogen and oxygen atoms in total. The van der Waals surface area contributed by atoms with Gasteiger partial charge in [-0.15, -0.1) is 0 Å². The summed E-state index contributed by atoms with van der Waals surface area (Å²) in [6.07, 6.45) is -2.60. The lowest BCUT2D eigenvalue weighted by molar-refractivity contribution is -0.137. The summed E-state index contributed by atoms with van der Waals surface area (Å²) in [6.45, 7) is 14.3. The molecule has 0 unspecified atom stereocenters. The predicted molar refractivity (Wildman–Crippen MR) is 171 cm³/mol. The predicted octanol–water partition coefficient (Wildman–Crippen LogP) is 7.81. The number of aryl methyl sites for hydroxylation is 2. The summed E-state index contributed by atoms with van der Waals surface area (Å²) in [6, 6.07) is 9.37. The molecule has 12 heteroatoms. The van der Waals surface area contributed by atoms with Gasteiger partial charge < -0.3 is 25.6 Å². The number of nitrogens with zero attached hydrogens (tertiary/aromatic N) is 3. The Morgan fingerprint density at radius 1 is 1.11 bits per heavy atom. The van der Waals surface area contributed by atoms with Crippen LogP contribution in [0.3, 0.4) is 0 Å². The summed E-state index contributed by atoms with van der Waals surface area (Å²) >= 11 is 0. The number of anilines is 4. The number of benzene rings is 2. The van der Waals surface area contributed by atoms with E-state index in [1.165, 1.54) is 5.56 Å². The first-order valence-electron chi connectivity index (χ1n) is 15.4. The molecule has 0 atom stereocenters. The highest BCUT2D eigenvalue weighted by atomic mass is 19.4. The maximum Gasteiger partial charge on any atom is 0.421 e. The van der Waals surface area contributed by atoms with Gasteiger partial charge in [-0.1, -0.05) is 18.2 Å². The molecule has 3 aromatic rings. The second-order valence-electron chi connectivity index (χ2n) is 13.6. The van der Waals surface area contributed by atoms with Gasteiger partial charge in [0.25, 0.3) is 0 Å². The molecule has 0 bridgehead atoms. The van der Waals surface area contributed by atoms with Crippen LogP contribution >= 0.6 is 0 Å². The Labute approximate surface area is 267 Å². The highest BCUT2D eigenvalue weighted by Gasteiger charge is 2.40. The molecule has 2 aromatic carbocycles. The molecule has 5 rings (SSSR count). The Balaban J connectivity index is 1.33. The smallest absolute Gasteiger partial charge is 0.421 e. The van der Waals surface area contributed by atoms with Gasteiger partial charge >= 0.3 is 12.3 Å². The van der Waals surface area contributed by atoms with Gasteiger partial charge in [0.15, 0.2) is 0 Å². The number of nitrogens with one attached hydrogen (secondary N) is 3. The van der Waals surface area contributed by atoms with Crippen molar-refractivity contribution in [3.8, 4) is 0 Å². The zero-order valence-corrected chi connectivity index (χ0v) is 27.3. The molecule has 3 heterocycles. The molecule has 3 N–H and O–H groups in total. The third kappa shape index (κ3) is 6.90. The Morgan fingerprint density at radius 2 is 1.80 bits per heavy atom. The minimum Gasteiger partial charge on any atom is -0.444 e. The number of ether oxygens (including phenoxy) is 1. The topological polar surface area (TPSA) is 108 Å². The van der Waals surface area contributed by atoms with Gasteiger partial charge in [0, 0.05) is 37.2 Å². The van der Waals surface area contributed by atoms with Crippen LogP contribution in [0.15, 0.2) is 36.5 Å². The molecule has 46 heavy (non-hydrogen) atoms. The van der Waals surface area contributed by atoms with Crippen LogP contribution in [0.1, 0.15) is 86.8 Å². The summed E-state index contributed by atoms with van der Waals surface area (Å²) < 4.78 is 47.5. The largest absolute Gasteiger partial charge is 0.444 e.